The first-order valence-corrected chi connectivity index (χ1v) is 31.7. The summed E-state index contributed by atoms with van der Waals surface area (Å²) in [6.45, 7) is -3.49. The fourth-order valence-corrected chi connectivity index (χ4v) is 12.0. The number of anilines is 2. The first-order chi connectivity index (χ1) is 33.5. The first kappa shape index (κ1) is 61.0. The summed E-state index contributed by atoms with van der Waals surface area (Å²) < 4.78 is 285. The zero-order chi connectivity index (χ0) is 56.3. The number of hydrogen-bond acceptors (Lipinski definition) is 29. The maximum Gasteiger partial charge on any atom is 0.397 e. The third-order valence-corrected chi connectivity index (χ3v) is 17.7. The summed E-state index contributed by atoms with van der Waals surface area (Å²) >= 11 is 0. The summed E-state index contributed by atoms with van der Waals surface area (Å²) in [4.78, 5) is -6.53. The molecule has 4 aromatic rings. The van der Waals surface area contributed by atoms with Crippen molar-refractivity contribution < 1.29 is 116 Å². The molecule has 44 heteroatoms. The second-order valence-electron chi connectivity index (χ2n) is 13.7. The lowest BCUT2D eigenvalue weighted by Crippen LogP contribution is -2.16. The van der Waals surface area contributed by atoms with Crippen molar-refractivity contribution >= 4 is 137 Å². The number of azo groups is 3. The molecule has 0 saturated heterocycles. The average molecular weight is 1230 g/mol. The molecule has 74 heavy (non-hydrogen) atoms. The lowest BCUT2D eigenvalue weighted by Gasteiger charge is -2.11. The maximum absolute atomic E-state index is 12.8. The van der Waals surface area contributed by atoms with Crippen LogP contribution in [0.3, 0.4) is 0 Å². The molecular weight excluding hydrogens is 1190 g/mol. The molecule has 0 spiro atoms. The van der Waals surface area contributed by atoms with Gasteiger partial charge in [0.1, 0.15) is 48.8 Å². The molecule has 0 aromatic heterocycles. The molecular formula is C30H32N8O27S9. The van der Waals surface area contributed by atoms with E-state index in [-0.39, 0.29) is 0 Å². The van der Waals surface area contributed by atoms with Crippen LogP contribution in [0.25, 0.3) is 0 Å². The van der Waals surface area contributed by atoms with Crippen molar-refractivity contribution in [2.75, 3.05) is 48.5 Å². The quantitative estimate of drug-likeness (QED) is 0.0281. The molecule has 0 bridgehead atoms. The van der Waals surface area contributed by atoms with Crippen LogP contribution >= 0.6 is 0 Å². The molecule has 0 aliphatic rings. The van der Waals surface area contributed by atoms with Crippen LogP contribution in [-0.4, -0.2) is 140 Å². The van der Waals surface area contributed by atoms with Gasteiger partial charge in [-0.15, -0.1) is 30.7 Å². The normalized spacial score (nSPS) is 13.9. The predicted molar refractivity (Wildman–Crippen MR) is 245 cm³/mol. The molecule has 0 aliphatic carbocycles. The van der Waals surface area contributed by atoms with Crippen molar-refractivity contribution in [2.45, 2.75) is 29.4 Å². The smallest absolute Gasteiger partial charge is 0.395 e. The van der Waals surface area contributed by atoms with E-state index in [1.54, 1.807) is 0 Å². The summed E-state index contributed by atoms with van der Waals surface area (Å²) in [5.74, 6) is -3.54. The van der Waals surface area contributed by atoms with Crippen LogP contribution < -0.4 is 11.5 Å². The van der Waals surface area contributed by atoms with Gasteiger partial charge in [0.2, 0.25) is 0 Å². The van der Waals surface area contributed by atoms with Crippen LogP contribution in [-0.2, 0) is 104 Å². The fourth-order valence-electron chi connectivity index (χ4n) is 5.30. The van der Waals surface area contributed by atoms with Crippen molar-refractivity contribution in [2.24, 2.45) is 30.7 Å². The number of benzene rings is 4. The van der Waals surface area contributed by atoms with Gasteiger partial charge in [-0.1, -0.05) is 0 Å². The molecule has 0 saturated carbocycles. The van der Waals surface area contributed by atoms with Gasteiger partial charge in [0.15, 0.2) is 29.5 Å². The second kappa shape index (κ2) is 22.4. The molecule has 0 aliphatic heterocycles. The van der Waals surface area contributed by atoms with E-state index in [1.165, 1.54) is 0 Å². The van der Waals surface area contributed by atoms with Gasteiger partial charge in [0.25, 0.3) is 30.4 Å². The van der Waals surface area contributed by atoms with Crippen LogP contribution in [0.15, 0.2) is 121 Å². The molecule has 0 heterocycles. The molecule has 10 N–H and O–H groups in total. The van der Waals surface area contributed by atoms with Crippen LogP contribution in [0, 0.1) is 0 Å². The van der Waals surface area contributed by atoms with Gasteiger partial charge in [-0.3, -0.25) is 27.3 Å². The zero-order valence-electron chi connectivity index (χ0n) is 35.8. The van der Waals surface area contributed by atoms with Gasteiger partial charge in [0, 0.05) is 0 Å². The Labute approximate surface area is 418 Å². The monoisotopic (exact) mass is 1220 g/mol. The first-order valence-electron chi connectivity index (χ1n) is 18.4. The van der Waals surface area contributed by atoms with Crippen molar-refractivity contribution in [1.29, 1.82) is 0 Å². The second-order valence-corrected chi connectivity index (χ2v) is 27.5. The Bertz CT molecular complexity index is 3880. The molecule has 0 atom stereocenters. The van der Waals surface area contributed by atoms with Gasteiger partial charge in [-0.05, 0) is 60.7 Å². The lowest BCUT2D eigenvalue weighted by molar-refractivity contribution is 0.282. The maximum atomic E-state index is 12.8. The van der Waals surface area contributed by atoms with E-state index in [0.29, 0.717) is 54.6 Å². The molecule has 4 rings (SSSR count). The van der Waals surface area contributed by atoms with E-state index in [1.807, 2.05) is 0 Å². The minimum atomic E-state index is -5.47. The highest BCUT2D eigenvalue weighted by molar-refractivity contribution is 7.92. The summed E-state index contributed by atoms with van der Waals surface area (Å²) in [6.07, 6.45) is 0. The third kappa shape index (κ3) is 17.3. The Hall–Kier alpha value is -5.53. The Kier molecular flexibility index (Phi) is 18.4. The Balaban J connectivity index is 1.96. The topological polar surface area (TPSA) is 583 Å². The van der Waals surface area contributed by atoms with Crippen LogP contribution in [0.1, 0.15) is 0 Å². The summed E-state index contributed by atoms with van der Waals surface area (Å²) in [6, 6.07) is 5.70. The van der Waals surface area contributed by atoms with Crippen LogP contribution in [0.2, 0.25) is 0 Å². The highest BCUT2D eigenvalue weighted by Gasteiger charge is 2.27. The molecule has 0 radical (unpaired) electrons. The van der Waals surface area contributed by atoms with Crippen molar-refractivity contribution in [3.8, 4) is 0 Å². The Morgan fingerprint density at radius 1 is 0.351 bits per heavy atom. The summed E-state index contributed by atoms with van der Waals surface area (Å²) in [5.41, 5.74) is 5.91. The molecule has 408 valence electrons. The highest BCUT2D eigenvalue weighted by Crippen LogP contribution is 2.46. The Morgan fingerprint density at radius 3 is 0.838 bits per heavy atom. The molecule has 0 unspecified atom stereocenters. The van der Waals surface area contributed by atoms with Crippen molar-refractivity contribution in [3.05, 3.63) is 60.7 Å². The van der Waals surface area contributed by atoms with E-state index < -0.39 is 203 Å². The minimum Gasteiger partial charge on any atom is -0.395 e. The number of hydrogen-bond donors (Lipinski definition) is 8. The number of nitrogens with zero attached hydrogens (tertiary/aromatic N) is 6. The molecule has 35 nitrogen and oxygen atoms in total. The number of rotatable bonds is 24. The SMILES string of the molecule is Nc1c(N=Nc2ccc(S(=O)(=O)CCOS(=O)(=O)O)cc2S(=O)(=O)O)cc(N=Nc2ccc(S(=O)(=O)CCOS(=O)(=O)O)cc2S(=O)(=O)O)c(N)c1N=Nc1ccc(S(=O)(=O)CCOS(=O)(=O)O)cc1S(=O)(=O)O. The van der Waals surface area contributed by atoms with E-state index in [9.17, 15) is 89.4 Å². The van der Waals surface area contributed by atoms with Gasteiger partial charge >= 0.3 is 31.2 Å². The third-order valence-electron chi connectivity index (χ3n) is 8.58. The highest BCUT2D eigenvalue weighted by atomic mass is 32.3. The van der Waals surface area contributed by atoms with Crippen molar-refractivity contribution in [3.63, 3.8) is 0 Å². The van der Waals surface area contributed by atoms with E-state index >= 15 is 0 Å². The molecule has 4 aromatic carbocycles. The van der Waals surface area contributed by atoms with Gasteiger partial charge in [-0.25, -0.2) is 37.8 Å². The zero-order valence-corrected chi connectivity index (χ0v) is 43.1. The molecule has 0 amide bonds. The average Bonchev–Trinajstić information content (AvgIpc) is 3.23. The van der Waals surface area contributed by atoms with E-state index in [4.69, 9.17) is 25.1 Å². The minimum absolute atomic E-state index is 0.330. The van der Waals surface area contributed by atoms with Crippen LogP contribution in [0.5, 0.6) is 0 Å². The standard InChI is InChI=1S/C30H32N8O27S9/c31-28-23(36-33-20-4-1-17(13-25(20)69(45,46)47)66(39,40)10-7-63-72(54,55)56)16-24(37-34-21-5-2-18(14-26(21)70(48,49)50)67(41,42)11-8-64-73(57,58)59)29(32)30(28)38-35-22-6-3-19(15-27(22)71(51,52)53)68(43,44)12-9-65-74(60,61)62/h1-6,13-16H,7-12,31-32H2,(H,45,46,47)(H,48,49,50)(H,51,52,53)(H,54,55,56)(H,57,58,59)(H,60,61,62). The van der Waals surface area contributed by atoms with E-state index in [0.717, 1.165) is 6.07 Å². The van der Waals surface area contributed by atoms with Gasteiger partial charge in [0.05, 0.1) is 63.1 Å². The summed E-state index contributed by atoms with van der Waals surface area (Å²) in [7, 11) is -45.7. The molecule has 0 fully saturated rings. The Morgan fingerprint density at radius 2 is 0.595 bits per heavy atom. The van der Waals surface area contributed by atoms with Crippen molar-refractivity contribution in [1.82, 2.24) is 0 Å². The number of nitrogens with two attached hydrogens (primary N) is 2. The lowest BCUT2D eigenvalue weighted by atomic mass is 10.2. The number of sulfone groups is 3. The summed E-state index contributed by atoms with van der Waals surface area (Å²) in [5, 5.41) is 22.1. The van der Waals surface area contributed by atoms with E-state index in [2.05, 4.69) is 43.2 Å². The largest absolute Gasteiger partial charge is 0.397 e. The predicted octanol–water partition coefficient (Wildman–Crippen LogP) is 1.62. The van der Waals surface area contributed by atoms with Crippen LogP contribution in [0.4, 0.5) is 45.5 Å². The van der Waals surface area contributed by atoms with Gasteiger partial charge in [-0.2, -0.15) is 50.5 Å². The number of nitrogen functional groups attached to an aromatic ring is 2. The fraction of sp³-hybridized carbons (Fsp3) is 0.200. The van der Waals surface area contributed by atoms with Gasteiger partial charge < -0.3 is 11.5 Å².